The second-order valence-electron chi connectivity index (χ2n) is 6.13. The maximum Gasteiger partial charge on any atom is 0.0850 e. The Morgan fingerprint density at radius 1 is 1.29 bits per heavy atom. The van der Waals surface area contributed by atoms with Crippen LogP contribution in [0.5, 0.6) is 0 Å². The van der Waals surface area contributed by atoms with Crippen molar-refractivity contribution < 1.29 is 9.84 Å². The molecule has 1 N–H and O–H groups in total. The van der Waals surface area contributed by atoms with E-state index in [1.807, 2.05) is 25.5 Å². The van der Waals surface area contributed by atoms with Gasteiger partial charge >= 0.3 is 0 Å². The molecule has 0 aromatic carbocycles. The summed E-state index contributed by atoms with van der Waals surface area (Å²) in [7, 11) is 0. The highest BCUT2D eigenvalue weighted by Crippen LogP contribution is 2.36. The molecule has 2 rings (SSSR count). The summed E-state index contributed by atoms with van der Waals surface area (Å²) in [4.78, 5) is 0. The molecule has 0 bridgehead atoms. The number of nitrogens with zero attached hydrogens (tertiary/aromatic N) is 2. The molecule has 5 unspecified atom stereocenters. The van der Waals surface area contributed by atoms with Crippen LogP contribution in [0.4, 0.5) is 0 Å². The average molecular weight is 315 g/mol. The van der Waals surface area contributed by atoms with Gasteiger partial charge in [-0.2, -0.15) is 5.10 Å². The van der Waals surface area contributed by atoms with Gasteiger partial charge < -0.3 is 9.84 Å². The number of aromatic nitrogens is 2. The number of aliphatic hydroxyl groups is 1. The van der Waals surface area contributed by atoms with Crippen LogP contribution >= 0.6 is 11.6 Å². The van der Waals surface area contributed by atoms with E-state index in [2.05, 4.69) is 18.9 Å². The van der Waals surface area contributed by atoms with E-state index in [4.69, 9.17) is 16.3 Å². The first-order valence-corrected chi connectivity index (χ1v) is 8.35. The van der Waals surface area contributed by atoms with Crippen molar-refractivity contribution in [3.63, 3.8) is 0 Å². The number of aryl methyl sites for hydroxylation is 2. The second kappa shape index (κ2) is 6.67. The van der Waals surface area contributed by atoms with E-state index in [-0.39, 0.29) is 18.1 Å². The van der Waals surface area contributed by atoms with Gasteiger partial charge in [-0.05, 0) is 33.1 Å². The fourth-order valence-electron chi connectivity index (χ4n) is 3.50. The molecule has 1 aliphatic rings. The topological polar surface area (TPSA) is 47.3 Å². The van der Waals surface area contributed by atoms with E-state index in [0.29, 0.717) is 17.4 Å². The predicted octanol–water partition coefficient (Wildman–Crippen LogP) is 3.08. The van der Waals surface area contributed by atoms with Crippen molar-refractivity contribution in [1.82, 2.24) is 9.78 Å². The van der Waals surface area contributed by atoms with Crippen LogP contribution in [0.25, 0.3) is 0 Å². The molecule has 2 heterocycles. The SMILES string of the molecule is CCc1nn(CC)c(CC(O)C2C(C)OC(C)C2C)c1Cl. The molecule has 1 aromatic rings. The van der Waals surface area contributed by atoms with Crippen LogP contribution in [0.1, 0.15) is 46.0 Å². The second-order valence-corrected chi connectivity index (χ2v) is 6.51. The van der Waals surface area contributed by atoms with Crippen LogP contribution in [0.2, 0.25) is 5.02 Å². The van der Waals surface area contributed by atoms with Gasteiger partial charge in [-0.1, -0.05) is 25.4 Å². The van der Waals surface area contributed by atoms with Gasteiger partial charge in [0.1, 0.15) is 0 Å². The molecule has 0 saturated carbocycles. The Kier molecular flexibility index (Phi) is 5.33. The maximum atomic E-state index is 10.7. The third-order valence-corrected chi connectivity index (χ3v) is 5.30. The Morgan fingerprint density at radius 2 is 1.95 bits per heavy atom. The molecular weight excluding hydrogens is 288 g/mol. The summed E-state index contributed by atoms with van der Waals surface area (Å²) in [5.74, 6) is 0.485. The predicted molar refractivity (Wildman–Crippen MR) is 84.7 cm³/mol. The van der Waals surface area contributed by atoms with E-state index < -0.39 is 6.10 Å². The Bertz CT molecular complexity index is 489. The van der Waals surface area contributed by atoms with Crippen molar-refractivity contribution in [3.05, 3.63) is 16.4 Å². The van der Waals surface area contributed by atoms with Crippen LogP contribution < -0.4 is 0 Å². The Balaban J connectivity index is 2.20. The molecule has 5 heteroatoms. The van der Waals surface area contributed by atoms with Crippen molar-refractivity contribution in [2.24, 2.45) is 11.8 Å². The minimum atomic E-state index is -0.454. The van der Waals surface area contributed by atoms with E-state index in [0.717, 1.165) is 24.4 Å². The van der Waals surface area contributed by atoms with E-state index in [1.165, 1.54) is 0 Å². The lowest BCUT2D eigenvalue weighted by Gasteiger charge is -2.25. The molecule has 120 valence electrons. The number of hydrogen-bond donors (Lipinski definition) is 1. The quantitative estimate of drug-likeness (QED) is 0.908. The summed E-state index contributed by atoms with van der Waals surface area (Å²) in [5, 5.41) is 15.9. The monoisotopic (exact) mass is 314 g/mol. The normalized spacial score (nSPS) is 30.8. The zero-order valence-corrected chi connectivity index (χ0v) is 14.4. The molecule has 1 aromatic heterocycles. The van der Waals surface area contributed by atoms with Gasteiger partial charge in [-0.25, -0.2) is 0 Å². The number of aliphatic hydroxyl groups excluding tert-OH is 1. The number of rotatable bonds is 5. The van der Waals surface area contributed by atoms with Crippen molar-refractivity contribution >= 4 is 11.6 Å². The molecule has 0 radical (unpaired) electrons. The third kappa shape index (κ3) is 3.13. The van der Waals surface area contributed by atoms with Gasteiger partial charge in [0.2, 0.25) is 0 Å². The Labute approximate surface area is 132 Å². The fraction of sp³-hybridized carbons (Fsp3) is 0.812. The van der Waals surface area contributed by atoms with Crippen LogP contribution in [0.3, 0.4) is 0 Å². The average Bonchev–Trinajstić information content (AvgIpc) is 2.88. The minimum absolute atomic E-state index is 0.0763. The van der Waals surface area contributed by atoms with Gasteiger partial charge in [-0.3, -0.25) is 4.68 Å². The summed E-state index contributed by atoms with van der Waals surface area (Å²) in [6.45, 7) is 11.1. The standard InChI is InChI=1S/C16H27ClN2O2/c1-6-12-16(17)13(19(7-2)18-12)8-14(20)15-9(3)10(4)21-11(15)5/h9-11,14-15,20H,6-8H2,1-5H3. The molecule has 21 heavy (non-hydrogen) atoms. The van der Waals surface area contributed by atoms with Crippen molar-refractivity contribution in [3.8, 4) is 0 Å². The van der Waals surface area contributed by atoms with Crippen LogP contribution in [-0.4, -0.2) is 33.2 Å². The highest BCUT2D eigenvalue weighted by Gasteiger charge is 2.41. The molecule has 1 aliphatic heterocycles. The van der Waals surface area contributed by atoms with Gasteiger partial charge in [0.25, 0.3) is 0 Å². The molecule has 0 amide bonds. The van der Waals surface area contributed by atoms with E-state index in [1.54, 1.807) is 0 Å². The van der Waals surface area contributed by atoms with Crippen LogP contribution in [0, 0.1) is 11.8 Å². The van der Waals surface area contributed by atoms with E-state index >= 15 is 0 Å². The number of hydrogen-bond acceptors (Lipinski definition) is 3. The first-order valence-electron chi connectivity index (χ1n) is 7.98. The maximum absolute atomic E-state index is 10.7. The lowest BCUT2D eigenvalue weighted by Crippen LogP contribution is -2.33. The molecule has 1 saturated heterocycles. The summed E-state index contributed by atoms with van der Waals surface area (Å²) < 4.78 is 7.76. The zero-order valence-electron chi connectivity index (χ0n) is 13.6. The van der Waals surface area contributed by atoms with Crippen molar-refractivity contribution in [2.75, 3.05) is 0 Å². The number of ether oxygens (including phenoxy) is 1. The Morgan fingerprint density at radius 3 is 2.43 bits per heavy atom. The van der Waals surface area contributed by atoms with Gasteiger partial charge in [-0.15, -0.1) is 0 Å². The van der Waals surface area contributed by atoms with Gasteiger partial charge in [0.05, 0.1) is 34.7 Å². The van der Waals surface area contributed by atoms with Crippen molar-refractivity contribution in [2.45, 2.75) is 72.3 Å². The molecule has 5 atom stereocenters. The number of halogens is 1. The van der Waals surface area contributed by atoms with Crippen molar-refractivity contribution in [1.29, 1.82) is 0 Å². The summed E-state index contributed by atoms with van der Waals surface area (Å²) in [6, 6.07) is 0. The third-order valence-electron chi connectivity index (χ3n) is 4.86. The minimum Gasteiger partial charge on any atom is -0.392 e. The zero-order chi connectivity index (χ0) is 15.7. The van der Waals surface area contributed by atoms with Gasteiger partial charge in [0, 0.05) is 18.9 Å². The molecule has 0 spiro atoms. The lowest BCUT2D eigenvalue weighted by molar-refractivity contribution is 0.0234. The summed E-state index contributed by atoms with van der Waals surface area (Å²) in [5.41, 5.74) is 1.86. The first kappa shape index (κ1) is 16.8. The highest BCUT2D eigenvalue weighted by atomic mass is 35.5. The Hall–Kier alpha value is -0.580. The lowest BCUT2D eigenvalue weighted by atomic mass is 9.83. The smallest absolute Gasteiger partial charge is 0.0850 e. The largest absolute Gasteiger partial charge is 0.392 e. The summed E-state index contributed by atoms with van der Waals surface area (Å²) >= 11 is 6.43. The fourth-order valence-corrected chi connectivity index (χ4v) is 3.85. The van der Waals surface area contributed by atoms with E-state index in [9.17, 15) is 5.11 Å². The van der Waals surface area contributed by atoms with Crippen LogP contribution in [0.15, 0.2) is 0 Å². The first-order chi connectivity index (χ1) is 9.90. The molecule has 4 nitrogen and oxygen atoms in total. The highest BCUT2D eigenvalue weighted by molar-refractivity contribution is 6.31. The van der Waals surface area contributed by atoms with Crippen LogP contribution in [-0.2, 0) is 24.1 Å². The van der Waals surface area contributed by atoms with Gasteiger partial charge in [0.15, 0.2) is 0 Å². The summed E-state index contributed by atoms with van der Waals surface area (Å²) in [6.07, 6.45) is 1.16. The molecular formula is C16H27ClN2O2. The molecule has 1 fully saturated rings. The molecule has 0 aliphatic carbocycles.